The monoisotopic (exact) mass is 380 g/mol. The zero-order chi connectivity index (χ0) is 18.0. The number of fused-ring (bicyclic) bond motifs is 1. The molecular formula is C15H16N4O4S2. The summed E-state index contributed by atoms with van der Waals surface area (Å²) in [4.78, 5) is 18.2. The third kappa shape index (κ3) is 3.97. The van der Waals surface area contributed by atoms with Crippen molar-refractivity contribution < 1.29 is 13.3 Å². The van der Waals surface area contributed by atoms with Gasteiger partial charge < -0.3 is 10.3 Å². The second-order valence-electron chi connectivity index (χ2n) is 5.54. The van der Waals surface area contributed by atoms with E-state index in [9.17, 15) is 18.5 Å². The fourth-order valence-electron chi connectivity index (χ4n) is 2.39. The summed E-state index contributed by atoms with van der Waals surface area (Å²) in [6.07, 6.45) is 2.41. The van der Waals surface area contributed by atoms with Gasteiger partial charge in [0.05, 0.1) is 16.0 Å². The Bertz CT molecular complexity index is 990. The molecule has 132 valence electrons. The Morgan fingerprint density at radius 2 is 2.12 bits per heavy atom. The Morgan fingerprint density at radius 3 is 2.80 bits per heavy atom. The van der Waals surface area contributed by atoms with Crippen molar-refractivity contribution in [1.29, 1.82) is 0 Å². The smallest absolute Gasteiger partial charge is 0.304 e. The minimum absolute atomic E-state index is 0.0148. The van der Waals surface area contributed by atoms with E-state index in [1.165, 1.54) is 0 Å². The summed E-state index contributed by atoms with van der Waals surface area (Å²) in [7, 11) is -3.47. The fraction of sp³-hybridized carbons (Fsp3) is 0.267. The van der Waals surface area contributed by atoms with Gasteiger partial charge in [0.1, 0.15) is 10.0 Å². The highest BCUT2D eigenvalue weighted by atomic mass is 32.2. The van der Waals surface area contributed by atoms with Gasteiger partial charge in [-0.3, -0.25) is 10.1 Å². The van der Waals surface area contributed by atoms with Crippen LogP contribution in [0.3, 0.4) is 0 Å². The van der Waals surface area contributed by atoms with Crippen LogP contribution < -0.4 is 5.32 Å². The molecular weight excluding hydrogens is 364 g/mol. The number of nitrogens with one attached hydrogen (secondary N) is 2. The molecule has 2 heterocycles. The Morgan fingerprint density at radius 1 is 1.36 bits per heavy atom. The predicted octanol–water partition coefficient (Wildman–Crippen LogP) is 2.98. The Kier molecular flexibility index (Phi) is 4.73. The number of sulfone groups is 1. The first-order chi connectivity index (χ1) is 11.8. The van der Waals surface area contributed by atoms with Gasteiger partial charge >= 0.3 is 5.69 Å². The van der Waals surface area contributed by atoms with E-state index in [0.29, 0.717) is 19.4 Å². The lowest BCUT2D eigenvalue weighted by molar-refractivity contribution is -0.383. The number of hydrogen-bond donors (Lipinski definition) is 2. The fourth-order valence-corrected chi connectivity index (χ4v) is 4.35. The van der Waals surface area contributed by atoms with Gasteiger partial charge in [0, 0.05) is 25.3 Å². The molecule has 0 unspecified atom stereocenters. The van der Waals surface area contributed by atoms with E-state index in [0.717, 1.165) is 40.5 Å². The highest BCUT2D eigenvalue weighted by molar-refractivity contribution is 7.92. The van der Waals surface area contributed by atoms with E-state index in [1.807, 2.05) is 24.3 Å². The molecule has 8 nitrogen and oxygen atoms in total. The maximum absolute atomic E-state index is 11.6. The largest absolute Gasteiger partial charge is 0.371 e. The molecule has 0 aliphatic carbocycles. The third-order valence-electron chi connectivity index (χ3n) is 3.57. The van der Waals surface area contributed by atoms with Gasteiger partial charge in [-0.2, -0.15) is 0 Å². The lowest BCUT2D eigenvalue weighted by Crippen LogP contribution is -2.03. The molecule has 0 atom stereocenters. The van der Waals surface area contributed by atoms with Crippen molar-refractivity contribution in [2.45, 2.75) is 17.1 Å². The number of imidazole rings is 1. The van der Waals surface area contributed by atoms with Crippen LogP contribution in [0.1, 0.15) is 12.2 Å². The van der Waals surface area contributed by atoms with E-state index in [1.54, 1.807) is 0 Å². The average molecular weight is 380 g/mol. The van der Waals surface area contributed by atoms with E-state index in [-0.39, 0.29) is 14.9 Å². The SMILES string of the molecule is CS(=O)(=O)c1cc([N+](=O)[O-])c(NCCCc2nc3ccccc3[nH]2)s1. The average Bonchev–Trinajstić information content (AvgIpc) is 3.14. The predicted molar refractivity (Wildman–Crippen MR) is 97.0 cm³/mol. The lowest BCUT2D eigenvalue weighted by Gasteiger charge is -2.02. The molecule has 0 radical (unpaired) electrons. The number of thiophene rings is 1. The molecule has 10 heteroatoms. The van der Waals surface area contributed by atoms with Crippen molar-refractivity contribution in [3.05, 3.63) is 46.3 Å². The number of anilines is 1. The maximum Gasteiger partial charge on any atom is 0.304 e. The molecule has 3 rings (SSSR count). The number of nitro groups is 1. The summed E-state index contributed by atoms with van der Waals surface area (Å²) in [5, 5.41) is 14.3. The topological polar surface area (TPSA) is 118 Å². The molecule has 2 aromatic heterocycles. The highest BCUT2D eigenvalue weighted by Gasteiger charge is 2.23. The van der Waals surface area contributed by atoms with Crippen LogP contribution in [0.5, 0.6) is 0 Å². The van der Waals surface area contributed by atoms with E-state index in [4.69, 9.17) is 0 Å². The first kappa shape index (κ1) is 17.4. The van der Waals surface area contributed by atoms with Crippen LogP contribution in [0, 0.1) is 10.1 Å². The molecule has 0 aliphatic rings. The molecule has 1 aromatic carbocycles. The van der Waals surface area contributed by atoms with Crippen molar-refractivity contribution in [3.8, 4) is 0 Å². The van der Waals surface area contributed by atoms with Crippen LogP contribution in [0.4, 0.5) is 10.7 Å². The Balaban J connectivity index is 1.63. The number of aromatic amines is 1. The standard InChI is InChI=1S/C15H16N4O4S2/c1-25(22,23)14-9-12(19(20)21)15(24-14)16-8-4-7-13-17-10-5-2-3-6-11(10)18-13/h2-3,5-6,9,16H,4,7-8H2,1H3,(H,17,18). The van der Waals surface area contributed by atoms with E-state index >= 15 is 0 Å². The van der Waals surface area contributed by atoms with Gasteiger partial charge in [-0.05, 0) is 18.6 Å². The molecule has 25 heavy (non-hydrogen) atoms. The normalized spacial score (nSPS) is 11.7. The number of rotatable bonds is 7. The Labute approximate surface area is 148 Å². The molecule has 0 fully saturated rings. The van der Waals surface area contributed by atoms with Crippen molar-refractivity contribution in [1.82, 2.24) is 9.97 Å². The highest BCUT2D eigenvalue weighted by Crippen LogP contribution is 2.36. The van der Waals surface area contributed by atoms with Crippen molar-refractivity contribution in [3.63, 3.8) is 0 Å². The number of aromatic nitrogens is 2. The summed E-state index contributed by atoms with van der Waals surface area (Å²) in [6.45, 7) is 0.474. The lowest BCUT2D eigenvalue weighted by atomic mass is 10.3. The number of nitrogens with zero attached hydrogens (tertiary/aromatic N) is 2. The number of para-hydroxylation sites is 2. The van der Waals surface area contributed by atoms with Crippen molar-refractivity contribution in [2.75, 3.05) is 18.1 Å². The minimum atomic E-state index is -3.47. The van der Waals surface area contributed by atoms with Gasteiger partial charge in [-0.25, -0.2) is 13.4 Å². The van der Waals surface area contributed by atoms with Gasteiger partial charge in [-0.1, -0.05) is 23.5 Å². The van der Waals surface area contributed by atoms with Crippen LogP contribution in [-0.4, -0.2) is 36.1 Å². The second kappa shape index (κ2) is 6.81. The molecule has 0 spiro atoms. The van der Waals surface area contributed by atoms with Crippen molar-refractivity contribution in [2.24, 2.45) is 0 Å². The van der Waals surface area contributed by atoms with Crippen LogP contribution in [0.2, 0.25) is 0 Å². The molecule has 0 saturated carbocycles. The van der Waals surface area contributed by atoms with Gasteiger partial charge in [-0.15, -0.1) is 0 Å². The molecule has 0 aliphatic heterocycles. The van der Waals surface area contributed by atoms with Crippen LogP contribution in [-0.2, 0) is 16.3 Å². The summed E-state index contributed by atoms with van der Waals surface area (Å²) in [6, 6.07) is 8.83. The van der Waals surface area contributed by atoms with Gasteiger partial charge in [0.15, 0.2) is 14.8 Å². The number of hydrogen-bond acceptors (Lipinski definition) is 7. The third-order valence-corrected chi connectivity index (χ3v) is 6.45. The van der Waals surface area contributed by atoms with Crippen LogP contribution >= 0.6 is 11.3 Å². The summed E-state index contributed by atoms with van der Waals surface area (Å²) < 4.78 is 23.1. The summed E-state index contributed by atoms with van der Waals surface area (Å²) in [5.41, 5.74) is 1.66. The van der Waals surface area contributed by atoms with E-state index < -0.39 is 14.8 Å². The van der Waals surface area contributed by atoms with Crippen LogP contribution in [0.25, 0.3) is 11.0 Å². The molecule has 3 aromatic rings. The molecule has 0 amide bonds. The van der Waals surface area contributed by atoms with Crippen molar-refractivity contribution >= 4 is 42.9 Å². The first-order valence-corrected chi connectivity index (χ1v) is 10.2. The number of benzene rings is 1. The van der Waals surface area contributed by atoms with Gasteiger partial charge in [0.2, 0.25) is 0 Å². The van der Waals surface area contributed by atoms with Crippen LogP contribution in [0.15, 0.2) is 34.5 Å². The zero-order valence-electron chi connectivity index (χ0n) is 13.4. The summed E-state index contributed by atoms with van der Waals surface area (Å²) >= 11 is 0.881. The first-order valence-electron chi connectivity index (χ1n) is 7.50. The van der Waals surface area contributed by atoms with E-state index in [2.05, 4.69) is 15.3 Å². The molecule has 2 N–H and O–H groups in total. The molecule has 0 saturated heterocycles. The second-order valence-corrected chi connectivity index (χ2v) is 8.83. The zero-order valence-corrected chi connectivity index (χ0v) is 15.0. The number of aryl methyl sites for hydroxylation is 1. The number of H-pyrrole nitrogens is 1. The Hall–Kier alpha value is -2.46. The quantitative estimate of drug-likeness (QED) is 0.369. The molecule has 0 bridgehead atoms. The summed E-state index contributed by atoms with van der Waals surface area (Å²) in [5.74, 6) is 0.848. The maximum atomic E-state index is 11.6. The minimum Gasteiger partial charge on any atom is -0.371 e. The van der Waals surface area contributed by atoms with Gasteiger partial charge in [0.25, 0.3) is 0 Å².